The van der Waals surface area contributed by atoms with Gasteiger partial charge in [-0.1, -0.05) is 43.3 Å². The van der Waals surface area contributed by atoms with Gasteiger partial charge in [0, 0.05) is 32.4 Å². The number of anilines is 1. The van der Waals surface area contributed by atoms with Crippen molar-refractivity contribution in [3.63, 3.8) is 0 Å². The molecule has 0 spiro atoms. The number of pyridine rings is 1. The highest BCUT2D eigenvalue weighted by atomic mass is 16.3. The molecule has 5 nitrogen and oxygen atoms in total. The fourth-order valence-corrected chi connectivity index (χ4v) is 3.44. The normalized spacial score (nSPS) is 19.8. The van der Waals surface area contributed by atoms with Crippen LogP contribution in [0.3, 0.4) is 0 Å². The molecule has 1 saturated heterocycles. The van der Waals surface area contributed by atoms with E-state index in [1.807, 2.05) is 48.5 Å². The van der Waals surface area contributed by atoms with Gasteiger partial charge in [0.15, 0.2) is 0 Å². The highest BCUT2D eigenvalue weighted by Crippen LogP contribution is 2.28. The van der Waals surface area contributed by atoms with Crippen LogP contribution in [0.1, 0.15) is 12.5 Å². The van der Waals surface area contributed by atoms with Gasteiger partial charge in [0.05, 0.1) is 12.5 Å². The number of benzene rings is 1. The average Bonchev–Trinajstić information content (AvgIpc) is 3.04. The van der Waals surface area contributed by atoms with Crippen LogP contribution >= 0.6 is 0 Å². The van der Waals surface area contributed by atoms with Gasteiger partial charge in [-0.15, -0.1) is 0 Å². The summed E-state index contributed by atoms with van der Waals surface area (Å²) in [5.74, 6) is 1.22. The standard InChI is InChI=1S/C20H25N3O2/c1-16-13-23(19-9-5-6-10-21-19)15-18(16)20(25)22(11-12-24)14-17-7-3-2-4-8-17/h2-10,16,18,24H,11-15H2,1H3/t16-,18-/m1/s1. The molecule has 0 unspecified atom stereocenters. The van der Waals surface area contributed by atoms with E-state index in [0.717, 1.165) is 17.9 Å². The zero-order valence-electron chi connectivity index (χ0n) is 14.6. The lowest BCUT2D eigenvalue weighted by atomic mass is 9.96. The zero-order valence-corrected chi connectivity index (χ0v) is 14.6. The highest BCUT2D eigenvalue weighted by Gasteiger charge is 2.37. The molecule has 2 atom stereocenters. The van der Waals surface area contributed by atoms with E-state index in [1.54, 1.807) is 11.1 Å². The van der Waals surface area contributed by atoms with Gasteiger partial charge >= 0.3 is 0 Å². The van der Waals surface area contributed by atoms with Crippen LogP contribution in [0, 0.1) is 11.8 Å². The van der Waals surface area contributed by atoms with E-state index in [2.05, 4.69) is 16.8 Å². The van der Waals surface area contributed by atoms with Crippen molar-refractivity contribution in [2.75, 3.05) is 31.1 Å². The molecule has 2 heterocycles. The number of aromatic nitrogens is 1. The quantitative estimate of drug-likeness (QED) is 0.876. The van der Waals surface area contributed by atoms with Crippen LogP contribution in [-0.4, -0.2) is 47.1 Å². The summed E-state index contributed by atoms with van der Waals surface area (Å²) < 4.78 is 0. The lowest BCUT2D eigenvalue weighted by molar-refractivity contribution is -0.137. The Balaban J connectivity index is 1.71. The minimum absolute atomic E-state index is 0.0242. The maximum atomic E-state index is 13.1. The van der Waals surface area contributed by atoms with Gasteiger partial charge in [0.25, 0.3) is 0 Å². The van der Waals surface area contributed by atoms with Crippen molar-refractivity contribution >= 4 is 11.7 Å². The van der Waals surface area contributed by atoms with Gasteiger partial charge in [0.2, 0.25) is 5.91 Å². The van der Waals surface area contributed by atoms with Crippen molar-refractivity contribution in [3.05, 3.63) is 60.3 Å². The van der Waals surface area contributed by atoms with Crippen molar-refractivity contribution in [1.29, 1.82) is 0 Å². The maximum absolute atomic E-state index is 13.1. The summed E-state index contributed by atoms with van der Waals surface area (Å²) in [7, 11) is 0. The van der Waals surface area contributed by atoms with Crippen LogP contribution in [0.2, 0.25) is 0 Å². The number of carbonyl (C=O) groups excluding carboxylic acids is 1. The molecule has 3 rings (SSSR count). The monoisotopic (exact) mass is 339 g/mol. The molecule has 0 radical (unpaired) electrons. The molecule has 1 N–H and O–H groups in total. The Morgan fingerprint density at radius 3 is 2.64 bits per heavy atom. The Labute approximate surface area is 148 Å². The number of amides is 1. The molecule has 0 aliphatic carbocycles. The molecule has 1 aliphatic rings. The first-order valence-corrected chi connectivity index (χ1v) is 8.78. The van der Waals surface area contributed by atoms with Crippen LogP contribution in [0.4, 0.5) is 5.82 Å². The van der Waals surface area contributed by atoms with Crippen LogP contribution in [0.25, 0.3) is 0 Å². The predicted molar refractivity (Wildman–Crippen MR) is 98.0 cm³/mol. The van der Waals surface area contributed by atoms with Crippen molar-refractivity contribution < 1.29 is 9.90 Å². The number of nitrogens with zero attached hydrogens (tertiary/aromatic N) is 3. The number of rotatable bonds is 6. The summed E-state index contributed by atoms with van der Waals surface area (Å²) in [5.41, 5.74) is 1.08. The SMILES string of the molecule is C[C@@H]1CN(c2ccccn2)C[C@H]1C(=O)N(CCO)Cc1ccccc1. The largest absolute Gasteiger partial charge is 0.395 e. The second-order valence-electron chi connectivity index (χ2n) is 6.65. The lowest BCUT2D eigenvalue weighted by Gasteiger charge is -2.26. The molecule has 5 heteroatoms. The first-order chi connectivity index (χ1) is 12.2. The zero-order chi connectivity index (χ0) is 17.6. The molecular formula is C20H25N3O2. The highest BCUT2D eigenvalue weighted by molar-refractivity contribution is 5.80. The van der Waals surface area contributed by atoms with E-state index in [1.165, 1.54) is 0 Å². The number of hydrogen-bond acceptors (Lipinski definition) is 4. The van der Waals surface area contributed by atoms with Gasteiger partial charge < -0.3 is 14.9 Å². The summed E-state index contributed by atoms with van der Waals surface area (Å²) in [5, 5.41) is 9.39. The molecule has 25 heavy (non-hydrogen) atoms. The molecule has 1 aromatic heterocycles. The number of hydrogen-bond donors (Lipinski definition) is 1. The van der Waals surface area contributed by atoms with Gasteiger partial charge in [-0.3, -0.25) is 4.79 Å². The number of aliphatic hydroxyl groups is 1. The Hall–Kier alpha value is -2.40. The molecule has 1 amide bonds. The molecule has 2 aromatic rings. The molecule has 1 fully saturated rings. The summed E-state index contributed by atoms with van der Waals surface area (Å²) in [4.78, 5) is 21.4. The van der Waals surface area contributed by atoms with E-state index < -0.39 is 0 Å². The van der Waals surface area contributed by atoms with Crippen molar-refractivity contribution in [2.24, 2.45) is 11.8 Å². The third-order valence-electron chi connectivity index (χ3n) is 4.80. The minimum Gasteiger partial charge on any atom is -0.395 e. The molecule has 1 aliphatic heterocycles. The second-order valence-corrected chi connectivity index (χ2v) is 6.65. The van der Waals surface area contributed by atoms with Crippen LogP contribution in [-0.2, 0) is 11.3 Å². The molecule has 0 bridgehead atoms. The minimum atomic E-state index is -0.0720. The van der Waals surface area contributed by atoms with Gasteiger partial charge in [0.1, 0.15) is 5.82 Å². The van der Waals surface area contributed by atoms with Crippen molar-refractivity contribution in [1.82, 2.24) is 9.88 Å². The summed E-state index contributed by atoms with van der Waals surface area (Å²) in [6, 6.07) is 15.8. The number of aliphatic hydroxyl groups excluding tert-OH is 1. The van der Waals surface area contributed by atoms with Gasteiger partial charge in [-0.2, -0.15) is 0 Å². The van der Waals surface area contributed by atoms with Gasteiger partial charge in [-0.05, 0) is 23.6 Å². The van der Waals surface area contributed by atoms with Crippen LogP contribution in [0.15, 0.2) is 54.7 Å². The van der Waals surface area contributed by atoms with Crippen LogP contribution < -0.4 is 4.90 Å². The van der Waals surface area contributed by atoms with Gasteiger partial charge in [-0.25, -0.2) is 4.98 Å². The number of carbonyl (C=O) groups is 1. The molecular weight excluding hydrogens is 314 g/mol. The Morgan fingerprint density at radius 2 is 1.96 bits per heavy atom. The smallest absolute Gasteiger partial charge is 0.228 e. The van der Waals surface area contributed by atoms with E-state index in [0.29, 0.717) is 19.6 Å². The first-order valence-electron chi connectivity index (χ1n) is 8.78. The Morgan fingerprint density at radius 1 is 1.20 bits per heavy atom. The third kappa shape index (κ3) is 4.17. The molecule has 1 aromatic carbocycles. The average molecular weight is 339 g/mol. The third-order valence-corrected chi connectivity index (χ3v) is 4.80. The lowest BCUT2D eigenvalue weighted by Crippen LogP contribution is -2.40. The maximum Gasteiger partial charge on any atom is 0.228 e. The molecule has 0 saturated carbocycles. The fourth-order valence-electron chi connectivity index (χ4n) is 3.44. The second kappa shape index (κ2) is 8.12. The van der Waals surface area contributed by atoms with Crippen molar-refractivity contribution in [2.45, 2.75) is 13.5 Å². The summed E-state index contributed by atoms with van der Waals surface area (Å²) >= 11 is 0. The van der Waals surface area contributed by atoms with Crippen molar-refractivity contribution in [3.8, 4) is 0 Å². The fraction of sp³-hybridized carbons (Fsp3) is 0.400. The Kier molecular flexibility index (Phi) is 5.66. The first kappa shape index (κ1) is 17.4. The van der Waals surface area contributed by atoms with E-state index >= 15 is 0 Å². The Bertz CT molecular complexity index is 678. The topological polar surface area (TPSA) is 56.7 Å². The predicted octanol–water partition coefficient (Wildman–Crippen LogP) is 2.17. The molecule has 132 valence electrons. The van der Waals surface area contributed by atoms with Crippen LogP contribution in [0.5, 0.6) is 0 Å². The van der Waals surface area contributed by atoms with E-state index in [-0.39, 0.29) is 24.3 Å². The summed E-state index contributed by atoms with van der Waals surface area (Å²) in [6.45, 7) is 4.49. The van der Waals surface area contributed by atoms with E-state index in [9.17, 15) is 9.90 Å². The summed E-state index contributed by atoms with van der Waals surface area (Å²) in [6.07, 6.45) is 1.78. The van der Waals surface area contributed by atoms with E-state index in [4.69, 9.17) is 0 Å².